The van der Waals surface area contributed by atoms with E-state index in [2.05, 4.69) is 61.0 Å². The maximum absolute atomic E-state index is 6.29. The zero-order chi connectivity index (χ0) is 12.6. The van der Waals surface area contributed by atoms with E-state index in [0.29, 0.717) is 0 Å². The van der Waals surface area contributed by atoms with Crippen molar-refractivity contribution in [2.24, 2.45) is 5.73 Å². The molecule has 0 spiro atoms. The number of thiophene rings is 2. The molecule has 2 rings (SSSR count). The van der Waals surface area contributed by atoms with Gasteiger partial charge in [0, 0.05) is 14.6 Å². The Bertz CT molecular complexity index is 507. The molecule has 0 aliphatic heterocycles. The third-order valence-corrected chi connectivity index (χ3v) is 5.87. The fourth-order valence-corrected chi connectivity index (χ4v) is 4.16. The molecule has 0 bridgehead atoms. The Morgan fingerprint density at radius 2 is 1.65 bits per heavy atom. The highest BCUT2D eigenvalue weighted by Gasteiger charge is 2.19. The minimum atomic E-state index is 0.00685. The second-order valence-electron chi connectivity index (χ2n) is 5.07. The van der Waals surface area contributed by atoms with Gasteiger partial charge in [-0.3, -0.25) is 0 Å². The van der Waals surface area contributed by atoms with E-state index in [1.807, 2.05) is 11.3 Å². The fourth-order valence-electron chi connectivity index (χ4n) is 1.56. The molecule has 0 saturated carbocycles. The Morgan fingerprint density at radius 3 is 2.12 bits per heavy atom. The molecule has 0 saturated heterocycles. The van der Waals surface area contributed by atoms with Gasteiger partial charge >= 0.3 is 0 Å². The minimum absolute atomic E-state index is 0.00685. The lowest BCUT2D eigenvalue weighted by molar-refractivity contribution is 0.604. The van der Waals surface area contributed by atoms with E-state index in [1.54, 1.807) is 11.3 Å². The number of nitrogens with two attached hydrogens (primary N) is 1. The van der Waals surface area contributed by atoms with Crippen LogP contribution in [-0.4, -0.2) is 0 Å². The molecule has 2 aromatic rings. The zero-order valence-corrected chi connectivity index (χ0v) is 13.4. The Labute approximate surface area is 119 Å². The van der Waals surface area contributed by atoms with Crippen molar-refractivity contribution in [1.82, 2.24) is 0 Å². The van der Waals surface area contributed by atoms with Gasteiger partial charge in [-0.1, -0.05) is 20.8 Å². The van der Waals surface area contributed by atoms with Crippen molar-refractivity contribution < 1.29 is 0 Å². The summed E-state index contributed by atoms with van der Waals surface area (Å²) in [4.78, 5) is 3.84. The van der Waals surface area contributed by atoms with E-state index in [1.165, 1.54) is 14.6 Å². The van der Waals surface area contributed by atoms with Gasteiger partial charge in [-0.2, -0.15) is 0 Å². The highest BCUT2D eigenvalue weighted by molar-refractivity contribution is 9.11. The van der Waals surface area contributed by atoms with Gasteiger partial charge in [0.15, 0.2) is 0 Å². The van der Waals surface area contributed by atoms with Crippen LogP contribution in [0.2, 0.25) is 0 Å². The molecule has 0 aromatic carbocycles. The lowest BCUT2D eigenvalue weighted by Gasteiger charge is -2.15. The van der Waals surface area contributed by atoms with Crippen molar-refractivity contribution in [2.75, 3.05) is 0 Å². The largest absolute Gasteiger partial charge is 0.319 e. The monoisotopic (exact) mass is 329 g/mol. The van der Waals surface area contributed by atoms with Gasteiger partial charge in [-0.05, 0) is 45.6 Å². The summed E-state index contributed by atoms with van der Waals surface area (Å²) in [6.07, 6.45) is 0. The van der Waals surface area contributed by atoms with Crippen molar-refractivity contribution >= 4 is 38.6 Å². The standard InChI is InChI=1S/C13H16BrNS2/c1-13(2,3)10-6-4-8(16-10)12(15)9-5-7-11(14)17-9/h4-7,12H,15H2,1-3H3. The van der Waals surface area contributed by atoms with Gasteiger partial charge in [0.2, 0.25) is 0 Å². The maximum atomic E-state index is 6.29. The third-order valence-electron chi connectivity index (χ3n) is 2.57. The Balaban J connectivity index is 2.26. The lowest BCUT2D eigenvalue weighted by atomic mass is 9.95. The molecular formula is C13H16BrNS2. The molecule has 1 atom stereocenters. The van der Waals surface area contributed by atoms with Crippen LogP contribution in [0.25, 0.3) is 0 Å². The van der Waals surface area contributed by atoms with E-state index in [9.17, 15) is 0 Å². The summed E-state index contributed by atoms with van der Waals surface area (Å²) in [7, 11) is 0. The first kappa shape index (κ1) is 13.3. The molecule has 1 nitrogen and oxygen atoms in total. The summed E-state index contributed by atoms with van der Waals surface area (Å²) < 4.78 is 1.13. The van der Waals surface area contributed by atoms with Crippen molar-refractivity contribution in [1.29, 1.82) is 0 Å². The minimum Gasteiger partial charge on any atom is -0.319 e. The zero-order valence-electron chi connectivity index (χ0n) is 10.2. The molecule has 4 heteroatoms. The smallest absolute Gasteiger partial charge is 0.0740 e. The van der Waals surface area contributed by atoms with Crippen LogP contribution < -0.4 is 5.73 Å². The molecule has 17 heavy (non-hydrogen) atoms. The van der Waals surface area contributed by atoms with E-state index >= 15 is 0 Å². The predicted molar refractivity (Wildman–Crippen MR) is 81.1 cm³/mol. The number of halogens is 1. The Hall–Kier alpha value is -0.160. The van der Waals surface area contributed by atoms with Gasteiger partial charge in [0.25, 0.3) is 0 Å². The van der Waals surface area contributed by atoms with Crippen LogP contribution >= 0.6 is 38.6 Å². The van der Waals surface area contributed by atoms with E-state index in [-0.39, 0.29) is 11.5 Å². The highest BCUT2D eigenvalue weighted by atomic mass is 79.9. The van der Waals surface area contributed by atoms with E-state index in [0.717, 1.165) is 3.79 Å². The van der Waals surface area contributed by atoms with Crippen LogP contribution in [0.5, 0.6) is 0 Å². The molecule has 2 aromatic heterocycles. The Kier molecular flexibility index (Phi) is 3.78. The molecule has 92 valence electrons. The van der Waals surface area contributed by atoms with Crippen LogP contribution in [0.4, 0.5) is 0 Å². The van der Waals surface area contributed by atoms with Crippen LogP contribution in [-0.2, 0) is 5.41 Å². The van der Waals surface area contributed by atoms with Gasteiger partial charge in [-0.25, -0.2) is 0 Å². The van der Waals surface area contributed by atoms with E-state index < -0.39 is 0 Å². The summed E-state index contributed by atoms with van der Waals surface area (Å²) in [6, 6.07) is 8.51. The number of hydrogen-bond acceptors (Lipinski definition) is 3. The summed E-state index contributed by atoms with van der Waals surface area (Å²) in [5.41, 5.74) is 6.49. The van der Waals surface area contributed by atoms with Gasteiger partial charge in [0.1, 0.15) is 0 Å². The third kappa shape index (κ3) is 2.99. The average molecular weight is 330 g/mol. The molecule has 0 aliphatic carbocycles. The Morgan fingerprint density at radius 1 is 1.06 bits per heavy atom. The SMILES string of the molecule is CC(C)(C)c1ccc(C(N)c2ccc(Br)s2)s1. The van der Waals surface area contributed by atoms with E-state index in [4.69, 9.17) is 5.73 Å². The molecule has 0 amide bonds. The first-order valence-corrected chi connectivity index (χ1v) is 7.91. The topological polar surface area (TPSA) is 26.0 Å². The molecular weight excluding hydrogens is 314 g/mol. The first-order chi connectivity index (χ1) is 7.88. The summed E-state index contributed by atoms with van der Waals surface area (Å²) in [6.45, 7) is 6.70. The lowest BCUT2D eigenvalue weighted by Crippen LogP contribution is -2.09. The number of rotatable bonds is 2. The molecule has 0 aliphatic rings. The molecule has 0 radical (unpaired) electrons. The van der Waals surface area contributed by atoms with Gasteiger partial charge < -0.3 is 5.73 Å². The van der Waals surface area contributed by atoms with Gasteiger partial charge in [0.05, 0.1) is 9.83 Å². The molecule has 2 N–H and O–H groups in total. The summed E-state index contributed by atoms with van der Waals surface area (Å²) in [5.74, 6) is 0. The quantitative estimate of drug-likeness (QED) is 0.831. The molecule has 1 unspecified atom stereocenters. The predicted octanol–water partition coefficient (Wildman–Crippen LogP) is 4.92. The van der Waals surface area contributed by atoms with Gasteiger partial charge in [-0.15, -0.1) is 22.7 Å². The highest BCUT2D eigenvalue weighted by Crippen LogP contribution is 2.36. The van der Waals surface area contributed by atoms with Crippen molar-refractivity contribution in [3.8, 4) is 0 Å². The summed E-state index contributed by atoms with van der Waals surface area (Å²) >= 11 is 7.00. The van der Waals surface area contributed by atoms with Crippen molar-refractivity contribution in [3.05, 3.63) is 42.7 Å². The van der Waals surface area contributed by atoms with Crippen LogP contribution in [0.3, 0.4) is 0 Å². The summed E-state index contributed by atoms with van der Waals surface area (Å²) in [5, 5.41) is 0. The molecule has 2 heterocycles. The van der Waals surface area contributed by atoms with Crippen molar-refractivity contribution in [3.63, 3.8) is 0 Å². The van der Waals surface area contributed by atoms with Crippen LogP contribution in [0, 0.1) is 0 Å². The molecule has 0 fully saturated rings. The maximum Gasteiger partial charge on any atom is 0.0740 e. The fraction of sp³-hybridized carbons (Fsp3) is 0.385. The van der Waals surface area contributed by atoms with Crippen LogP contribution in [0.15, 0.2) is 28.1 Å². The number of hydrogen-bond donors (Lipinski definition) is 1. The average Bonchev–Trinajstić information content (AvgIpc) is 2.83. The normalized spacial score (nSPS) is 13.9. The van der Waals surface area contributed by atoms with Crippen molar-refractivity contribution in [2.45, 2.75) is 32.2 Å². The first-order valence-electron chi connectivity index (χ1n) is 5.49. The second kappa shape index (κ2) is 4.84. The van der Waals surface area contributed by atoms with Crippen LogP contribution in [0.1, 0.15) is 41.4 Å². The second-order valence-corrected chi connectivity index (χ2v) is 8.68.